The standard InChI is InChI=1S/C21H34N6.HI/c1-3-22-21(23-13-8-16-27-15-7-6-9-17(27)2)24-14-12-20-25-18-10-4-5-11-19(18)26-20;/h4-5,10-11,17H,3,6-9,12-16H2,1-2H3,(H,25,26)(H2,22,23,24);1H. The minimum absolute atomic E-state index is 0. The second-order valence-electron chi connectivity index (χ2n) is 7.37. The first kappa shape index (κ1) is 22.9. The van der Waals surface area contributed by atoms with E-state index in [0.717, 1.165) is 67.9 Å². The van der Waals surface area contributed by atoms with E-state index in [1.165, 1.54) is 25.8 Å². The van der Waals surface area contributed by atoms with Crippen LogP contribution in [0, 0.1) is 0 Å². The maximum Gasteiger partial charge on any atom is 0.191 e. The Bertz CT molecular complexity index is 696. The Morgan fingerprint density at radius 2 is 2.14 bits per heavy atom. The van der Waals surface area contributed by atoms with E-state index >= 15 is 0 Å². The lowest BCUT2D eigenvalue weighted by Crippen LogP contribution is -2.39. The molecule has 1 aliphatic rings. The fraction of sp³-hybridized carbons (Fsp3) is 0.619. The summed E-state index contributed by atoms with van der Waals surface area (Å²) in [7, 11) is 0. The monoisotopic (exact) mass is 498 g/mol. The summed E-state index contributed by atoms with van der Waals surface area (Å²) in [6, 6.07) is 8.89. The van der Waals surface area contributed by atoms with Gasteiger partial charge in [-0.15, -0.1) is 24.0 Å². The SMILES string of the molecule is CCNC(=NCCCN1CCCCC1C)NCCc1nc2ccccc2[nH]1.I. The molecule has 1 aromatic heterocycles. The van der Waals surface area contributed by atoms with Gasteiger partial charge in [0.15, 0.2) is 5.96 Å². The van der Waals surface area contributed by atoms with Crippen LogP contribution in [0.15, 0.2) is 29.3 Å². The highest BCUT2D eigenvalue weighted by Crippen LogP contribution is 2.16. The molecule has 0 spiro atoms. The molecule has 2 heterocycles. The number of piperidine rings is 1. The van der Waals surface area contributed by atoms with E-state index < -0.39 is 0 Å². The Morgan fingerprint density at radius 1 is 1.29 bits per heavy atom. The molecule has 28 heavy (non-hydrogen) atoms. The van der Waals surface area contributed by atoms with Gasteiger partial charge in [0.25, 0.3) is 0 Å². The quantitative estimate of drug-likeness (QED) is 0.226. The van der Waals surface area contributed by atoms with Crippen molar-refractivity contribution in [1.29, 1.82) is 0 Å². The van der Waals surface area contributed by atoms with E-state index in [0.29, 0.717) is 0 Å². The number of aromatic nitrogens is 2. The molecule has 0 radical (unpaired) electrons. The first-order valence-corrected chi connectivity index (χ1v) is 10.5. The summed E-state index contributed by atoms with van der Waals surface area (Å²) >= 11 is 0. The number of hydrogen-bond acceptors (Lipinski definition) is 3. The van der Waals surface area contributed by atoms with E-state index in [2.05, 4.69) is 45.4 Å². The predicted molar refractivity (Wildman–Crippen MR) is 129 cm³/mol. The summed E-state index contributed by atoms with van der Waals surface area (Å²) in [6.07, 6.45) is 6.04. The third kappa shape index (κ3) is 6.92. The van der Waals surface area contributed by atoms with Crippen molar-refractivity contribution >= 4 is 41.0 Å². The van der Waals surface area contributed by atoms with Gasteiger partial charge in [0.2, 0.25) is 0 Å². The molecule has 1 unspecified atom stereocenters. The van der Waals surface area contributed by atoms with Crippen LogP contribution in [0.1, 0.15) is 45.4 Å². The van der Waals surface area contributed by atoms with Crippen molar-refractivity contribution in [2.45, 2.75) is 52.0 Å². The number of fused-ring (bicyclic) bond motifs is 1. The Balaban J connectivity index is 0.00000280. The first-order valence-electron chi connectivity index (χ1n) is 10.5. The normalized spacial score (nSPS) is 18.1. The average Bonchev–Trinajstić information content (AvgIpc) is 3.09. The maximum atomic E-state index is 4.73. The zero-order valence-corrected chi connectivity index (χ0v) is 19.5. The maximum absolute atomic E-state index is 4.73. The van der Waals surface area contributed by atoms with Gasteiger partial charge in [0.1, 0.15) is 5.82 Å². The highest BCUT2D eigenvalue weighted by atomic mass is 127. The van der Waals surface area contributed by atoms with Gasteiger partial charge in [-0.05, 0) is 51.8 Å². The van der Waals surface area contributed by atoms with Crippen LogP contribution in [0.2, 0.25) is 0 Å². The Kier molecular flexibility index (Phi) is 10.0. The van der Waals surface area contributed by atoms with Crippen LogP contribution in [0.4, 0.5) is 0 Å². The molecule has 0 aliphatic carbocycles. The third-order valence-electron chi connectivity index (χ3n) is 5.25. The lowest BCUT2D eigenvalue weighted by Gasteiger charge is -2.33. The van der Waals surface area contributed by atoms with E-state index in [4.69, 9.17) is 4.99 Å². The molecule has 1 atom stereocenters. The molecule has 1 aliphatic heterocycles. The number of hydrogen-bond donors (Lipinski definition) is 3. The van der Waals surface area contributed by atoms with Crippen molar-refractivity contribution in [3.05, 3.63) is 30.1 Å². The Labute approximate surface area is 186 Å². The van der Waals surface area contributed by atoms with Gasteiger partial charge < -0.3 is 20.5 Å². The molecule has 7 heteroatoms. The number of imidazole rings is 1. The molecule has 156 valence electrons. The minimum Gasteiger partial charge on any atom is -0.357 e. The second-order valence-corrected chi connectivity index (χ2v) is 7.37. The van der Waals surface area contributed by atoms with Gasteiger partial charge in [0.05, 0.1) is 11.0 Å². The summed E-state index contributed by atoms with van der Waals surface area (Å²) in [5.74, 6) is 1.92. The van der Waals surface area contributed by atoms with Crippen molar-refractivity contribution in [2.75, 3.05) is 32.7 Å². The molecule has 0 amide bonds. The molecule has 1 fully saturated rings. The smallest absolute Gasteiger partial charge is 0.191 e. The number of aromatic amines is 1. The molecule has 0 bridgehead atoms. The molecule has 1 saturated heterocycles. The number of para-hydroxylation sites is 2. The number of H-pyrrole nitrogens is 1. The van der Waals surface area contributed by atoms with Gasteiger partial charge in [-0.3, -0.25) is 4.99 Å². The van der Waals surface area contributed by atoms with Crippen LogP contribution in [-0.4, -0.2) is 59.6 Å². The van der Waals surface area contributed by atoms with Crippen molar-refractivity contribution in [1.82, 2.24) is 25.5 Å². The van der Waals surface area contributed by atoms with Crippen molar-refractivity contribution in [3.63, 3.8) is 0 Å². The van der Waals surface area contributed by atoms with Crippen LogP contribution >= 0.6 is 24.0 Å². The zero-order valence-electron chi connectivity index (χ0n) is 17.2. The van der Waals surface area contributed by atoms with Crippen LogP contribution in [-0.2, 0) is 6.42 Å². The van der Waals surface area contributed by atoms with Gasteiger partial charge in [-0.2, -0.15) is 0 Å². The number of likely N-dealkylation sites (tertiary alicyclic amines) is 1. The largest absolute Gasteiger partial charge is 0.357 e. The van der Waals surface area contributed by atoms with Crippen molar-refractivity contribution in [3.8, 4) is 0 Å². The average molecular weight is 498 g/mol. The second kappa shape index (κ2) is 12.3. The summed E-state index contributed by atoms with van der Waals surface area (Å²) < 4.78 is 0. The number of nitrogens with one attached hydrogen (secondary N) is 3. The third-order valence-corrected chi connectivity index (χ3v) is 5.25. The highest BCUT2D eigenvalue weighted by Gasteiger charge is 2.16. The van der Waals surface area contributed by atoms with E-state index in [1.807, 2.05) is 18.2 Å². The lowest BCUT2D eigenvalue weighted by atomic mass is 10.0. The Hall–Kier alpha value is -1.35. The van der Waals surface area contributed by atoms with Crippen LogP contribution < -0.4 is 10.6 Å². The molecular weight excluding hydrogens is 463 g/mol. The molecular formula is C21H35IN6. The first-order chi connectivity index (χ1) is 13.3. The number of halogens is 1. The van der Waals surface area contributed by atoms with Crippen molar-refractivity contribution < 1.29 is 0 Å². The molecule has 3 rings (SSSR count). The van der Waals surface area contributed by atoms with Crippen LogP contribution in [0.25, 0.3) is 11.0 Å². The van der Waals surface area contributed by atoms with Gasteiger partial charge in [-0.25, -0.2) is 4.98 Å². The van der Waals surface area contributed by atoms with Crippen LogP contribution in [0.5, 0.6) is 0 Å². The number of nitrogens with zero attached hydrogens (tertiary/aromatic N) is 3. The number of benzene rings is 1. The van der Waals surface area contributed by atoms with Gasteiger partial charge in [-0.1, -0.05) is 18.6 Å². The molecule has 2 aromatic rings. The molecule has 0 saturated carbocycles. The molecule has 1 aromatic carbocycles. The highest BCUT2D eigenvalue weighted by molar-refractivity contribution is 14.0. The number of aliphatic imine (C=N–C) groups is 1. The number of rotatable bonds is 8. The van der Waals surface area contributed by atoms with Gasteiger partial charge in [0, 0.05) is 38.6 Å². The van der Waals surface area contributed by atoms with Crippen LogP contribution in [0.3, 0.4) is 0 Å². The Morgan fingerprint density at radius 3 is 2.93 bits per heavy atom. The van der Waals surface area contributed by atoms with Crippen molar-refractivity contribution in [2.24, 2.45) is 4.99 Å². The predicted octanol–water partition coefficient (Wildman–Crippen LogP) is 3.54. The lowest BCUT2D eigenvalue weighted by molar-refractivity contribution is 0.160. The molecule has 6 nitrogen and oxygen atoms in total. The minimum atomic E-state index is 0. The summed E-state index contributed by atoms with van der Waals surface area (Å²) in [5.41, 5.74) is 2.13. The summed E-state index contributed by atoms with van der Waals surface area (Å²) in [4.78, 5) is 15.4. The molecule has 3 N–H and O–H groups in total. The van der Waals surface area contributed by atoms with E-state index in [9.17, 15) is 0 Å². The van der Waals surface area contributed by atoms with E-state index in [1.54, 1.807) is 0 Å². The van der Waals surface area contributed by atoms with E-state index in [-0.39, 0.29) is 24.0 Å². The number of guanidine groups is 1. The topological polar surface area (TPSA) is 68.3 Å². The zero-order chi connectivity index (χ0) is 18.9. The van der Waals surface area contributed by atoms with Gasteiger partial charge >= 0.3 is 0 Å². The summed E-state index contributed by atoms with van der Waals surface area (Å²) in [5, 5.41) is 6.76. The fourth-order valence-corrected chi connectivity index (χ4v) is 3.72. The summed E-state index contributed by atoms with van der Waals surface area (Å²) in [6.45, 7) is 9.42. The fourth-order valence-electron chi connectivity index (χ4n) is 3.72.